The SMILES string of the molecule is CCOC(=O)c1c(F)c(F)c(N=[N+]=[N-])c(F)c1F. The van der Waals surface area contributed by atoms with Crippen LogP contribution in [-0.2, 0) is 4.74 Å². The van der Waals surface area contributed by atoms with Gasteiger partial charge in [-0.3, -0.25) is 0 Å². The lowest BCUT2D eigenvalue weighted by atomic mass is 10.1. The zero-order valence-corrected chi connectivity index (χ0v) is 8.88. The lowest BCUT2D eigenvalue weighted by Gasteiger charge is -2.08. The monoisotopic (exact) mass is 263 g/mol. The van der Waals surface area contributed by atoms with Gasteiger partial charge in [0.1, 0.15) is 11.3 Å². The molecular formula is C9H5F4N3O2. The van der Waals surface area contributed by atoms with Crippen molar-refractivity contribution in [3.8, 4) is 0 Å². The second-order valence-electron chi connectivity index (χ2n) is 2.89. The van der Waals surface area contributed by atoms with Gasteiger partial charge < -0.3 is 4.74 Å². The van der Waals surface area contributed by atoms with Crippen LogP contribution in [-0.4, -0.2) is 12.6 Å². The Morgan fingerprint density at radius 1 is 1.22 bits per heavy atom. The summed E-state index contributed by atoms with van der Waals surface area (Å²) < 4.78 is 57.4. The maximum Gasteiger partial charge on any atom is 0.344 e. The van der Waals surface area contributed by atoms with E-state index in [1.54, 1.807) is 0 Å². The number of ether oxygens (including phenoxy) is 1. The van der Waals surface area contributed by atoms with Gasteiger partial charge in [0, 0.05) is 4.91 Å². The summed E-state index contributed by atoms with van der Waals surface area (Å²) in [5, 5.41) is 2.47. The zero-order chi connectivity index (χ0) is 13.9. The van der Waals surface area contributed by atoms with Gasteiger partial charge in [0.25, 0.3) is 0 Å². The van der Waals surface area contributed by atoms with E-state index >= 15 is 0 Å². The Hall–Kier alpha value is -2.28. The molecule has 0 fully saturated rings. The highest BCUT2D eigenvalue weighted by molar-refractivity contribution is 5.90. The van der Waals surface area contributed by atoms with E-state index in [1.807, 2.05) is 4.91 Å². The van der Waals surface area contributed by atoms with Crippen molar-refractivity contribution in [3.63, 3.8) is 0 Å². The van der Waals surface area contributed by atoms with Crippen LogP contribution in [0.5, 0.6) is 0 Å². The minimum atomic E-state index is -1.98. The summed E-state index contributed by atoms with van der Waals surface area (Å²) >= 11 is 0. The second kappa shape index (κ2) is 5.37. The number of rotatable bonds is 3. The Morgan fingerprint density at radius 2 is 1.72 bits per heavy atom. The van der Waals surface area contributed by atoms with Crippen molar-refractivity contribution >= 4 is 11.7 Å². The van der Waals surface area contributed by atoms with Crippen LogP contribution in [0.3, 0.4) is 0 Å². The summed E-state index contributed by atoms with van der Waals surface area (Å²) in [5.41, 5.74) is 5.01. The van der Waals surface area contributed by atoms with Crippen molar-refractivity contribution in [2.24, 2.45) is 5.11 Å². The molecule has 1 aromatic rings. The predicted octanol–water partition coefficient (Wildman–Crippen LogP) is 3.36. The number of halogens is 4. The smallest absolute Gasteiger partial charge is 0.344 e. The van der Waals surface area contributed by atoms with E-state index in [9.17, 15) is 22.4 Å². The molecule has 1 rings (SSSR count). The second-order valence-corrected chi connectivity index (χ2v) is 2.89. The molecule has 0 aliphatic rings. The Kier molecular flexibility index (Phi) is 4.11. The quantitative estimate of drug-likeness (QED) is 0.209. The molecule has 0 aliphatic heterocycles. The van der Waals surface area contributed by atoms with Crippen molar-refractivity contribution in [1.29, 1.82) is 0 Å². The standard InChI is InChI=1S/C9H5F4N3O2/c1-2-18-9(17)3-4(10)6(12)8(15-16-14)7(13)5(3)11/h2H2,1H3. The van der Waals surface area contributed by atoms with E-state index in [4.69, 9.17) is 5.53 Å². The van der Waals surface area contributed by atoms with Crippen LogP contribution in [0.25, 0.3) is 10.4 Å². The minimum absolute atomic E-state index is 0.237. The third kappa shape index (κ3) is 2.21. The van der Waals surface area contributed by atoms with Gasteiger partial charge in [-0.15, -0.1) is 0 Å². The number of esters is 1. The fourth-order valence-corrected chi connectivity index (χ4v) is 1.14. The largest absolute Gasteiger partial charge is 0.462 e. The van der Waals surface area contributed by atoms with Gasteiger partial charge in [-0.25, -0.2) is 22.4 Å². The Bertz CT molecular complexity index is 526. The lowest BCUT2D eigenvalue weighted by molar-refractivity contribution is 0.0512. The summed E-state index contributed by atoms with van der Waals surface area (Å²) in [5.74, 6) is -9.44. The molecule has 0 unspecified atom stereocenters. The first-order valence-corrected chi connectivity index (χ1v) is 4.53. The fraction of sp³-hybridized carbons (Fsp3) is 0.222. The highest BCUT2D eigenvalue weighted by Gasteiger charge is 2.29. The fourth-order valence-electron chi connectivity index (χ4n) is 1.14. The first-order valence-electron chi connectivity index (χ1n) is 4.53. The van der Waals surface area contributed by atoms with Crippen molar-refractivity contribution in [1.82, 2.24) is 0 Å². The molecule has 0 amide bonds. The molecule has 1 aromatic carbocycles. The molecule has 18 heavy (non-hydrogen) atoms. The van der Waals surface area contributed by atoms with Gasteiger partial charge >= 0.3 is 5.97 Å². The number of benzene rings is 1. The van der Waals surface area contributed by atoms with Crippen LogP contribution in [0.2, 0.25) is 0 Å². The normalized spacial score (nSPS) is 9.83. The number of hydrogen-bond acceptors (Lipinski definition) is 3. The van der Waals surface area contributed by atoms with Crippen LogP contribution in [0.15, 0.2) is 5.11 Å². The number of azide groups is 1. The molecule has 0 saturated heterocycles. The first kappa shape index (κ1) is 13.8. The topological polar surface area (TPSA) is 75.1 Å². The molecule has 0 saturated carbocycles. The summed E-state index contributed by atoms with van der Waals surface area (Å²) in [7, 11) is 0. The highest BCUT2D eigenvalue weighted by atomic mass is 19.2. The number of carbonyl (C=O) groups is 1. The number of hydrogen-bond donors (Lipinski definition) is 0. The van der Waals surface area contributed by atoms with Gasteiger partial charge in [0.05, 0.1) is 6.61 Å². The zero-order valence-electron chi connectivity index (χ0n) is 8.88. The molecule has 5 nitrogen and oxygen atoms in total. The van der Waals surface area contributed by atoms with Crippen LogP contribution in [0.1, 0.15) is 17.3 Å². The first-order chi connectivity index (χ1) is 8.45. The van der Waals surface area contributed by atoms with Gasteiger partial charge in [-0.1, -0.05) is 5.11 Å². The average molecular weight is 263 g/mol. The van der Waals surface area contributed by atoms with Gasteiger partial charge in [0.2, 0.25) is 0 Å². The summed E-state index contributed by atoms with van der Waals surface area (Å²) in [4.78, 5) is 13.1. The molecule has 9 heteroatoms. The summed E-state index contributed by atoms with van der Waals surface area (Å²) in [6.07, 6.45) is 0. The van der Waals surface area contributed by atoms with Crippen molar-refractivity contribution in [2.45, 2.75) is 6.92 Å². The van der Waals surface area contributed by atoms with Gasteiger partial charge in [-0.05, 0) is 12.5 Å². The van der Waals surface area contributed by atoms with E-state index < -0.39 is 40.5 Å². The number of nitrogens with zero attached hydrogens (tertiary/aromatic N) is 3. The van der Waals surface area contributed by atoms with E-state index in [1.165, 1.54) is 6.92 Å². The molecule has 0 atom stereocenters. The molecule has 0 heterocycles. The third-order valence-corrected chi connectivity index (χ3v) is 1.86. The van der Waals surface area contributed by atoms with Gasteiger partial charge in [0.15, 0.2) is 23.3 Å². The molecule has 0 spiro atoms. The van der Waals surface area contributed by atoms with E-state index in [0.29, 0.717) is 0 Å². The molecule has 0 aromatic heterocycles. The maximum atomic E-state index is 13.3. The van der Waals surface area contributed by atoms with Crippen molar-refractivity contribution in [3.05, 3.63) is 39.3 Å². The van der Waals surface area contributed by atoms with Crippen LogP contribution < -0.4 is 0 Å². The Morgan fingerprint density at radius 3 is 2.11 bits per heavy atom. The summed E-state index contributed by atoms with van der Waals surface area (Å²) in [6, 6.07) is 0. The molecule has 0 bridgehead atoms. The van der Waals surface area contributed by atoms with Crippen molar-refractivity contribution in [2.75, 3.05) is 6.61 Å². The minimum Gasteiger partial charge on any atom is -0.462 e. The highest BCUT2D eigenvalue weighted by Crippen LogP contribution is 2.30. The van der Waals surface area contributed by atoms with Crippen molar-refractivity contribution < 1.29 is 27.1 Å². The van der Waals surface area contributed by atoms with E-state index in [0.717, 1.165) is 0 Å². The molecule has 0 radical (unpaired) electrons. The van der Waals surface area contributed by atoms with Crippen LogP contribution in [0.4, 0.5) is 23.2 Å². The number of carbonyl (C=O) groups excluding carboxylic acids is 1. The molecule has 0 aliphatic carbocycles. The Balaban J connectivity index is 3.58. The predicted molar refractivity (Wildman–Crippen MR) is 51.0 cm³/mol. The van der Waals surface area contributed by atoms with Crippen LogP contribution in [0, 0.1) is 23.3 Å². The molecular weight excluding hydrogens is 258 g/mol. The molecule has 0 N–H and O–H groups in total. The van der Waals surface area contributed by atoms with Crippen LogP contribution >= 0.6 is 0 Å². The average Bonchev–Trinajstić information content (AvgIpc) is 2.33. The Labute approximate surface area is 97.6 Å². The summed E-state index contributed by atoms with van der Waals surface area (Å²) in [6.45, 7) is 1.10. The lowest BCUT2D eigenvalue weighted by Crippen LogP contribution is -2.13. The maximum absolute atomic E-state index is 13.3. The van der Waals surface area contributed by atoms with E-state index in [2.05, 4.69) is 9.85 Å². The van der Waals surface area contributed by atoms with E-state index in [-0.39, 0.29) is 6.61 Å². The van der Waals surface area contributed by atoms with Gasteiger partial charge in [-0.2, -0.15) is 0 Å². The molecule has 96 valence electrons. The third-order valence-electron chi connectivity index (χ3n) is 1.86.